The first-order valence-corrected chi connectivity index (χ1v) is 15.0. The van der Waals surface area contributed by atoms with E-state index in [4.69, 9.17) is 35.2 Å². The molecule has 0 aliphatic carbocycles. The molecule has 0 amide bonds. The summed E-state index contributed by atoms with van der Waals surface area (Å²) in [7, 11) is 0. The van der Waals surface area contributed by atoms with E-state index < -0.39 is 0 Å². The summed E-state index contributed by atoms with van der Waals surface area (Å²) >= 11 is 9.91. The molecule has 0 heterocycles. The summed E-state index contributed by atoms with van der Waals surface area (Å²) in [6.07, 6.45) is 3.87. The molecular weight excluding hydrogens is 525 g/mol. The van der Waals surface area contributed by atoms with Gasteiger partial charge in [0.1, 0.15) is 0 Å². The van der Waals surface area contributed by atoms with Crippen LogP contribution in [0.15, 0.2) is 68.3 Å². The van der Waals surface area contributed by atoms with Gasteiger partial charge in [0.15, 0.2) is 0 Å². The quantitative estimate of drug-likeness (QED) is 0.230. The molecule has 40 heavy (non-hydrogen) atoms. The maximum absolute atomic E-state index is 4.96. The molecule has 2 nitrogen and oxygen atoms in total. The van der Waals surface area contributed by atoms with Crippen molar-refractivity contribution in [2.75, 3.05) is 0 Å². The van der Waals surface area contributed by atoms with Gasteiger partial charge >= 0.3 is 0 Å². The molecule has 0 spiro atoms. The molecule has 3 aromatic rings. The van der Waals surface area contributed by atoms with Crippen molar-refractivity contribution in [1.29, 1.82) is 0 Å². The second kappa shape index (κ2) is 11.5. The third-order valence-corrected chi connectivity index (χ3v) is 8.19. The highest BCUT2D eigenvalue weighted by Gasteiger charge is 2.24. The van der Waals surface area contributed by atoms with E-state index in [0.717, 1.165) is 32.3 Å². The number of nitrogens with zero attached hydrogens (tertiary/aromatic N) is 2. The standard InChI is InChI=1S/C36H48N2S2/c1-33(2,3)25-17-23(31(39)27(19-25)35(7,8)9)21-37-29-15-13-14-16-30(29)38-22-24-18-26(34(4,5)6)20-28(32(24)40)36(10,11)12/h13-22,39-40H,1-12H3. The van der Waals surface area contributed by atoms with Crippen LogP contribution in [0.3, 0.4) is 0 Å². The minimum Gasteiger partial charge on any atom is -0.254 e. The molecule has 0 bridgehead atoms. The number of para-hydroxylation sites is 2. The van der Waals surface area contributed by atoms with Crippen LogP contribution in [0.25, 0.3) is 0 Å². The van der Waals surface area contributed by atoms with Gasteiger partial charge in [0.05, 0.1) is 11.4 Å². The summed E-state index contributed by atoms with van der Waals surface area (Å²) in [5, 5.41) is 0. The van der Waals surface area contributed by atoms with Gasteiger partial charge in [-0.3, -0.25) is 9.98 Å². The minimum atomic E-state index is -0.0266. The van der Waals surface area contributed by atoms with Crippen LogP contribution in [-0.2, 0) is 21.7 Å². The lowest BCUT2D eigenvalue weighted by Crippen LogP contribution is -2.18. The average molecular weight is 573 g/mol. The zero-order valence-corrected chi connectivity index (χ0v) is 28.4. The maximum atomic E-state index is 4.96. The predicted molar refractivity (Wildman–Crippen MR) is 183 cm³/mol. The van der Waals surface area contributed by atoms with Gasteiger partial charge in [-0.25, -0.2) is 0 Å². The van der Waals surface area contributed by atoms with Crippen molar-refractivity contribution in [2.24, 2.45) is 9.98 Å². The van der Waals surface area contributed by atoms with Crippen molar-refractivity contribution in [3.05, 3.63) is 81.9 Å². The van der Waals surface area contributed by atoms with E-state index in [1.807, 2.05) is 36.7 Å². The number of hydrogen-bond acceptors (Lipinski definition) is 4. The van der Waals surface area contributed by atoms with Gasteiger partial charge in [0.2, 0.25) is 0 Å². The molecule has 3 rings (SSSR count). The summed E-state index contributed by atoms with van der Waals surface area (Å²) in [6.45, 7) is 26.8. The van der Waals surface area contributed by atoms with E-state index in [1.165, 1.54) is 22.3 Å². The summed E-state index contributed by atoms with van der Waals surface area (Å²) in [4.78, 5) is 11.8. The highest BCUT2D eigenvalue weighted by molar-refractivity contribution is 7.80. The van der Waals surface area contributed by atoms with Gasteiger partial charge < -0.3 is 0 Å². The lowest BCUT2D eigenvalue weighted by atomic mass is 9.79. The van der Waals surface area contributed by atoms with Gasteiger partial charge in [0, 0.05) is 33.3 Å². The monoisotopic (exact) mass is 572 g/mol. The normalized spacial score (nSPS) is 13.6. The van der Waals surface area contributed by atoms with Crippen LogP contribution in [0.5, 0.6) is 0 Å². The van der Waals surface area contributed by atoms with E-state index in [0.29, 0.717) is 0 Å². The molecule has 0 saturated heterocycles. The van der Waals surface area contributed by atoms with Crippen molar-refractivity contribution in [1.82, 2.24) is 0 Å². The Morgan fingerprint density at radius 3 is 1.10 bits per heavy atom. The molecule has 0 aliphatic rings. The zero-order valence-electron chi connectivity index (χ0n) is 26.6. The molecule has 3 aromatic carbocycles. The summed E-state index contributed by atoms with van der Waals surface area (Å²) < 4.78 is 0. The van der Waals surface area contributed by atoms with E-state index in [9.17, 15) is 0 Å². The van der Waals surface area contributed by atoms with Gasteiger partial charge in [0.25, 0.3) is 0 Å². The lowest BCUT2D eigenvalue weighted by Gasteiger charge is -2.27. The molecule has 214 valence electrons. The van der Waals surface area contributed by atoms with Gasteiger partial charge in [-0.1, -0.05) is 107 Å². The van der Waals surface area contributed by atoms with E-state index >= 15 is 0 Å². The highest BCUT2D eigenvalue weighted by Crippen LogP contribution is 2.37. The molecule has 0 radical (unpaired) electrons. The number of benzene rings is 3. The van der Waals surface area contributed by atoms with Crippen molar-refractivity contribution in [3.63, 3.8) is 0 Å². The van der Waals surface area contributed by atoms with Crippen LogP contribution in [0.2, 0.25) is 0 Å². The third kappa shape index (κ3) is 7.70. The molecule has 0 saturated carbocycles. The molecule has 0 aliphatic heterocycles. The number of thiol groups is 2. The fourth-order valence-corrected chi connectivity index (χ4v) is 5.53. The summed E-state index contributed by atoms with van der Waals surface area (Å²) in [5.74, 6) is 0. The second-order valence-electron chi connectivity index (χ2n) is 14.9. The summed E-state index contributed by atoms with van der Waals surface area (Å²) in [5.41, 5.74) is 8.65. The molecule has 0 fully saturated rings. The zero-order chi connectivity index (χ0) is 30.3. The van der Waals surface area contributed by atoms with Crippen molar-refractivity contribution >= 4 is 49.1 Å². The Morgan fingerprint density at radius 1 is 0.500 bits per heavy atom. The first-order valence-electron chi connectivity index (χ1n) is 14.1. The van der Waals surface area contributed by atoms with E-state index in [-0.39, 0.29) is 21.7 Å². The van der Waals surface area contributed by atoms with Crippen LogP contribution in [-0.4, -0.2) is 12.4 Å². The Kier molecular flexibility index (Phi) is 9.28. The molecule has 0 N–H and O–H groups in total. The Bertz CT molecular complexity index is 1320. The van der Waals surface area contributed by atoms with Crippen molar-refractivity contribution < 1.29 is 0 Å². The maximum Gasteiger partial charge on any atom is 0.0886 e. The average Bonchev–Trinajstić information content (AvgIpc) is 2.80. The van der Waals surface area contributed by atoms with Crippen LogP contribution in [0, 0.1) is 0 Å². The smallest absolute Gasteiger partial charge is 0.0886 e. The van der Waals surface area contributed by atoms with Gasteiger partial charge in [-0.15, -0.1) is 25.3 Å². The Labute approximate surface area is 254 Å². The first kappa shape index (κ1) is 32.2. The highest BCUT2D eigenvalue weighted by atomic mass is 32.1. The number of aliphatic imine (C=N–C) groups is 2. The van der Waals surface area contributed by atoms with Gasteiger partial charge in [-0.05, 0) is 68.2 Å². The molecule has 0 aromatic heterocycles. The fourth-order valence-electron chi connectivity index (χ4n) is 4.48. The van der Waals surface area contributed by atoms with Crippen LogP contribution in [0.4, 0.5) is 11.4 Å². The van der Waals surface area contributed by atoms with Crippen LogP contribution < -0.4 is 0 Å². The largest absolute Gasteiger partial charge is 0.254 e. The molecule has 0 unspecified atom stereocenters. The molecule has 4 heteroatoms. The predicted octanol–water partition coefficient (Wildman–Crippen LogP) is 11.0. The molecular formula is C36H48N2S2. The SMILES string of the molecule is CC(C)(C)c1cc(C=Nc2ccccc2N=Cc2cc(C(C)(C)C)cc(C(C)(C)C)c2S)c(S)c(C(C)(C)C)c1. The van der Waals surface area contributed by atoms with Crippen LogP contribution >= 0.6 is 25.3 Å². The third-order valence-electron chi connectivity index (χ3n) is 7.19. The van der Waals surface area contributed by atoms with E-state index in [2.05, 4.69) is 107 Å². The summed E-state index contributed by atoms with van der Waals surface area (Å²) in [6, 6.07) is 17.0. The Balaban J connectivity index is 2.10. The first-order chi connectivity index (χ1) is 18.2. The number of rotatable bonds is 4. The van der Waals surface area contributed by atoms with E-state index in [1.54, 1.807) is 0 Å². The Hall–Kier alpha value is -2.30. The number of hydrogen-bond donors (Lipinski definition) is 2. The van der Waals surface area contributed by atoms with Gasteiger partial charge in [-0.2, -0.15) is 0 Å². The van der Waals surface area contributed by atoms with Crippen molar-refractivity contribution in [3.8, 4) is 0 Å². The fraction of sp³-hybridized carbons (Fsp3) is 0.444. The minimum absolute atomic E-state index is 0.0182. The second-order valence-corrected chi connectivity index (χ2v) is 15.8. The topological polar surface area (TPSA) is 24.7 Å². The Morgan fingerprint density at radius 2 is 0.825 bits per heavy atom. The lowest BCUT2D eigenvalue weighted by molar-refractivity contribution is 0.559. The van der Waals surface area contributed by atoms with Crippen molar-refractivity contribution in [2.45, 2.75) is 115 Å². The van der Waals surface area contributed by atoms with Crippen LogP contribution in [0.1, 0.15) is 116 Å². The molecule has 0 atom stereocenters.